The third-order valence-electron chi connectivity index (χ3n) is 3.12. The lowest BCUT2D eigenvalue weighted by molar-refractivity contribution is 0.158. The third kappa shape index (κ3) is 2.76. The Bertz CT molecular complexity index is 289. The maximum atomic E-state index is 9.28. The number of aromatic nitrogens is 1. The van der Waals surface area contributed by atoms with Crippen molar-refractivity contribution in [3.63, 3.8) is 0 Å². The first kappa shape index (κ1) is 10.6. The van der Waals surface area contributed by atoms with Crippen LogP contribution >= 0.6 is 0 Å². The summed E-state index contributed by atoms with van der Waals surface area (Å²) in [6, 6.07) is 6.38. The van der Waals surface area contributed by atoms with Gasteiger partial charge in [-0.1, -0.05) is 6.07 Å². The van der Waals surface area contributed by atoms with E-state index in [1.54, 1.807) is 0 Å². The third-order valence-corrected chi connectivity index (χ3v) is 3.12. The summed E-state index contributed by atoms with van der Waals surface area (Å²) in [6.07, 6.45) is 5.04. The number of rotatable bonds is 3. The molecule has 0 aliphatic carbocycles. The van der Waals surface area contributed by atoms with E-state index >= 15 is 0 Å². The van der Waals surface area contributed by atoms with Crippen LogP contribution in [0.1, 0.15) is 18.5 Å². The molecule has 0 spiro atoms. The summed E-state index contributed by atoms with van der Waals surface area (Å²) >= 11 is 0. The van der Waals surface area contributed by atoms with E-state index < -0.39 is 0 Å². The number of piperidine rings is 1. The Morgan fingerprint density at radius 1 is 1.47 bits per heavy atom. The van der Waals surface area contributed by atoms with Crippen LogP contribution in [0.4, 0.5) is 0 Å². The van der Waals surface area contributed by atoms with Gasteiger partial charge in [0.2, 0.25) is 0 Å². The Kier molecular flexibility index (Phi) is 3.69. The van der Waals surface area contributed by atoms with E-state index in [0.717, 1.165) is 25.1 Å². The van der Waals surface area contributed by atoms with Crippen molar-refractivity contribution in [2.75, 3.05) is 13.2 Å². The molecule has 1 aromatic heterocycles. The number of hydrogen-bond donors (Lipinski definition) is 2. The van der Waals surface area contributed by atoms with Crippen LogP contribution in [-0.4, -0.2) is 29.3 Å². The van der Waals surface area contributed by atoms with Gasteiger partial charge in [-0.3, -0.25) is 4.98 Å². The highest BCUT2D eigenvalue weighted by Crippen LogP contribution is 2.18. The van der Waals surface area contributed by atoms with Gasteiger partial charge >= 0.3 is 0 Å². The minimum absolute atomic E-state index is 0.282. The first-order chi connectivity index (χ1) is 7.40. The van der Waals surface area contributed by atoms with Crippen LogP contribution in [0, 0.1) is 5.92 Å². The standard InChI is InChI=1S/C12H18N2O/c15-9-10-4-3-7-14-12(10)8-11-5-1-2-6-13-11/h1-2,5-6,10,12,14-15H,3-4,7-9H2. The summed E-state index contributed by atoms with van der Waals surface area (Å²) in [6.45, 7) is 1.35. The number of nitrogens with one attached hydrogen (secondary N) is 1. The van der Waals surface area contributed by atoms with Gasteiger partial charge in [0, 0.05) is 31.0 Å². The molecule has 1 saturated heterocycles. The zero-order valence-electron chi connectivity index (χ0n) is 8.89. The van der Waals surface area contributed by atoms with Crippen LogP contribution in [-0.2, 0) is 6.42 Å². The number of hydrogen-bond acceptors (Lipinski definition) is 3. The SMILES string of the molecule is OCC1CCCNC1Cc1ccccn1. The minimum Gasteiger partial charge on any atom is -0.396 e. The highest BCUT2D eigenvalue weighted by atomic mass is 16.3. The van der Waals surface area contributed by atoms with Crippen molar-refractivity contribution in [1.82, 2.24) is 10.3 Å². The van der Waals surface area contributed by atoms with Gasteiger partial charge in [0.25, 0.3) is 0 Å². The summed E-state index contributed by atoms with van der Waals surface area (Å²) in [5.74, 6) is 0.390. The fourth-order valence-corrected chi connectivity index (χ4v) is 2.22. The van der Waals surface area contributed by atoms with E-state index in [1.807, 2.05) is 24.4 Å². The monoisotopic (exact) mass is 206 g/mol. The average molecular weight is 206 g/mol. The molecule has 0 saturated carbocycles. The van der Waals surface area contributed by atoms with Crippen molar-refractivity contribution >= 4 is 0 Å². The van der Waals surface area contributed by atoms with Crippen LogP contribution in [0.2, 0.25) is 0 Å². The molecule has 1 aliphatic rings. The summed E-state index contributed by atoms with van der Waals surface area (Å²) in [5.41, 5.74) is 1.11. The number of nitrogens with zero attached hydrogens (tertiary/aromatic N) is 1. The molecule has 2 heterocycles. The maximum Gasteiger partial charge on any atom is 0.0474 e. The summed E-state index contributed by atoms with van der Waals surface area (Å²) in [4.78, 5) is 4.32. The van der Waals surface area contributed by atoms with Gasteiger partial charge in [-0.05, 0) is 37.4 Å². The molecule has 1 aromatic rings. The lowest BCUT2D eigenvalue weighted by Gasteiger charge is -2.31. The lowest BCUT2D eigenvalue weighted by Crippen LogP contribution is -2.44. The molecule has 0 bridgehead atoms. The van der Waals surface area contributed by atoms with Crippen LogP contribution < -0.4 is 5.32 Å². The number of pyridine rings is 1. The molecular weight excluding hydrogens is 188 g/mol. The Morgan fingerprint density at radius 2 is 2.40 bits per heavy atom. The van der Waals surface area contributed by atoms with Crippen molar-refractivity contribution < 1.29 is 5.11 Å². The normalized spacial score (nSPS) is 26.5. The lowest BCUT2D eigenvalue weighted by atomic mass is 9.88. The molecular formula is C12H18N2O. The molecule has 82 valence electrons. The zero-order chi connectivity index (χ0) is 10.5. The predicted molar refractivity (Wildman–Crippen MR) is 59.5 cm³/mol. The van der Waals surface area contributed by atoms with Crippen LogP contribution in [0.15, 0.2) is 24.4 Å². The minimum atomic E-state index is 0.282. The molecule has 0 radical (unpaired) electrons. The van der Waals surface area contributed by atoms with E-state index in [-0.39, 0.29) is 6.61 Å². The average Bonchev–Trinajstić information content (AvgIpc) is 2.31. The van der Waals surface area contributed by atoms with Gasteiger partial charge in [0.05, 0.1) is 0 Å². The quantitative estimate of drug-likeness (QED) is 0.775. The van der Waals surface area contributed by atoms with Gasteiger partial charge in [0.15, 0.2) is 0 Å². The van der Waals surface area contributed by atoms with Crippen LogP contribution in [0.3, 0.4) is 0 Å². The van der Waals surface area contributed by atoms with E-state index in [1.165, 1.54) is 6.42 Å². The van der Waals surface area contributed by atoms with Crippen molar-refractivity contribution in [3.05, 3.63) is 30.1 Å². The van der Waals surface area contributed by atoms with E-state index in [4.69, 9.17) is 0 Å². The highest BCUT2D eigenvalue weighted by Gasteiger charge is 2.24. The van der Waals surface area contributed by atoms with Crippen molar-refractivity contribution in [3.8, 4) is 0 Å². The molecule has 0 aromatic carbocycles. The maximum absolute atomic E-state index is 9.28. The number of aliphatic hydroxyl groups excluding tert-OH is 1. The molecule has 1 fully saturated rings. The largest absolute Gasteiger partial charge is 0.396 e. The highest BCUT2D eigenvalue weighted by molar-refractivity contribution is 5.06. The fourth-order valence-electron chi connectivity index (χ4n) is 2.22. The van der Waals surface area contributed by atoms with Crippen LogP contribution in [0.25, 0.3) is 0 Å². The first-order valence-corrected chi connectivity index (χ1v) is 5.64. The van der Waals surface area contributed by atoms with Gasteiger partial charge in [-0.2, -0.15) is 0 Å². The topological polar surface area (TPSA) is 45.1 Å². The second-order valence-corrected chi connectivity index (χ2v) is 4.17. The summed E-state index contributed by atoms with van der Waals surface area (Å²) in [5, 5.41) is 12.7. The van der Waals surface area contributed by atoms with Gasteiger partial charge < -0.3 is 10.4 Å². The van der Waals surface area contributed by atoms with Crippen molar-refractivity contribution in [1.29, 1.82) is 0 Å². The summed E-state index contributed by atoms with van der Waals surface area (Å²) in [7, 11) is 0. The summed E-state index contributed by atoms with van der Waals surface area (Å²) < 4.78 is 0. The fraction of sp³-hybridized carbons (Fsp3) is 0.583. The Morgan fingerprint density at radius 3 is 3.13 bits per heavy atom. The van der Waals surface area contributed by atoms with Gasteiger partial charge in [-0.25, -0.2) is 0 Å². The molecule has 0 amide bonds. The second-order valence-electron chi connectivity index (χ2n) is 4.17. The Labute approximate surface area is 90.5 Å². The van der Waals surface area contributed by atoms with Crippen molar-refractivity contribution in [2.45, 2.75) is 25.3 Å². The predicted octanol–water partition coefficient (Wildman–Crippen LogP) is 0.985. The molecule has 2 rings (SSSR count). The molecule has 1 aliphatic heterocycles. The molecule has 3 heteroatoms. The smallest absolute Gasteiger partial charge is 0.0474 e. The Balaban J connectivity index is 1.97. The zero-order valence-corrected chi connectivity index (χ0v) is 8.89. The molecule has 2 unspecified atom stereocenters. The number of aliphatic hydroxyl groups is 1. The van der Waals surface area contributed by atoms with E-state index in [2.05, 4.69) is 10.3 Å². The second kappa shape index (κ2) is 5.24. The van der Waals surface area contributed by atoms with E-state index in [9.17, 15) is 5.11 Å². The van der Waals surface area contributed by atoms with Gasteiger partial charge in [0.1, 0.15) is 0 Å². The first-order valence-electron chi connectivity index (χ1n) is 5.64. The van der Waals surface area contributed by atoms with Crippen LogP contribution in [0.5, 0.6) is 0 Å². The molecule has 3 nitrogen and oxygen atoms in total. The van der Waals surface area contributed by atoms with Gasteiger partial charge in [-0.15, -0.1) is 0 Å². The molecule has 2 N–H and O–H groups in total. The van der Waals surface area contributed by atoms with E-state index in [0.29, 0.717) is 12.0 Å². The Hall–Kier alpha value is -0.930. The van der Waals surface area contributed by atoms with Crippen molar-refractivity contribution in [2.24, 2.45) is 5.92 Å². The molecule has 2 atom stereocenters. The molecule has 15 heavy (non-hydrogen) atoms.